The Hall–Kier alpha value is -0.204. The van der Waals surface area contributed by atoms with E-state index in [0.29, 0.717) is 11.1 Å². The van der Waals surface area contributed by atoms with E-state index in [2.05, 4.69) is 5.32 Å². The van der Waals surface area contributed by atoms with Crippen LogP contribution < -0.4 is 56.7 Å². The smallest absolute Gasteiger partial charge is 0.699 e. The number of rotatable bonds is 0. The van der Waals surface area contributed by atoms with Crippen molar-refractivity contribution in [3.63, 3.8) is 0 Å². The maximum absolute atomic E-state index is 11.0. The van der Waals surface area contributed by atoms with Crippen LogP contribution in [-0.2, 0) is 0 Å². The van der Waals surface area contributed by atoms with Gasteiger partial charge in [0.15, 0.2) is 0 Å². The zero-order chi connectivity index (χ0) is 8.72. The van der Waals surface area contributed by atoms with E-state index in [0.717, 1.165) is 0 Å². The summed E-state index contributed by atoms with van der Waals surface area (Å²) in [5.41, 5.74) is 8.12. The van der Waals surface area contributed by atoms with E-state index < -0.39 is 5.91 Å². The molecule has 2 amide bonds. The summed E-state index contributed by atoms with van der Waals surface area (Å²) in [4.78, 5) is 22.0. The molecule has 1 aliphatic heterocycles. The predicted molar refractivity (Wildman–Crippen MR) is 42.2 cm³/mol. The Morgan fingerprint density at radius 1 is 1.08 bits per heavy atom. The van der Waals surface area contributed by atoms with E-state index in [1.54, 1.807) is 0 Å². The number of nitrogens with one attached hydrogen (secondary N) is 2. The molecule has 0 fully saturated rings. The van der Waals surface area contributed by atoms with E-state index in [9.17, 15) is 9.59 Å². The molecule has 1 heterocycles. The first-order chi connectivity index (χ1) is 5.68. The Bertz CT molecular complexity index is 390. The molecule has 1 aromatic carbocycles. The quantitative estimate of drug-likeness (QED) is 0.399. The van der Waals surface area contributed by atoms with Crippen LogP contribution in [0.3, 0.4) is 0 Å². The minimum absolute atomic E-state index is 0. The molecule has 5 heteroatoms. The fraction of sp³-hybridized carbons (Fsp3) is 0. The fourth-order valence-corrected chi connectivity index (χ4v) is 1.17. The van der Waals surface area contributed by atoms with Gasteiger partial charge in [-0.1, -0.05) is 12.1 Å². The average molecular weight is 200 g/mol. The van der Waals surface area contributed by atoms with Gasteiger partial charge in [0.1, 0.15) is 0 Å². The average Bonchev–Trinajstić information content (AvgIpc) is 2.28. The molecule has 0 radical (unpaired) electrons. The van der Waals surface area contributed by atoms with Crippen LogP contribution in [0.2, 0.25) is 0 Å². The summed E-state index contributed by atoms with van der Waals surface area (Å²) in [5.74, 6) is -0.792. The summed E-state index contributed by atoms with van der Waals surface area (Å²) >= 11 is 0. The second-order valence-corrected chi connectivity index (χ2v) is 2.54. The monoisotopic (exact) mass is 200 g/mol. The van der Waals surface area contributed by atoms with E-state index in [1.807, 2.05) is 0 Å². The Balaban J connectivity index is 0.000000845. The van der Waals surface area contributed by atoms with Crippen LogP contribution in [0, 0.1) is 0 Å². The van der Waals surface area contributed by atoms with Crippen LogP contribution in [-0.4, -0.2) is 11.8 Å². The largest absolute Gasteiger partial charge is 1.00 e. The van der Waals surface area contributed by atoms with Crippen molar-refractivity contribution in [2.24, 2.45) is 0 Å². The van der Waals surface area contributed by atoms with Crippen molar-refractivity contribution >= 4 is 17.5 Å². The van der Waals surface area contributed by atoms with Crippen LogP contribution in [0.4, 0.5) is 5.69 Å². The van der Waals surface area contributed by atoms with Gasteiger partial charge < -0.3 is 5.73 Å². The Morgan fingerprint density at radius 3 is 2.38 bits per heavy atom. The van der Waals surface area contributed by atoms with Crippen LogP contribution in [0.25, 0.3) is 5.73 Å². The molecule has 0 bridgehead atoms. The van der Waals surface area contributed by atoms with Crippen LogP contribution in [0.15, 0.2) is 18.2 Å². The molecule has 60 valence electrons. The van der Waals surface area contributed by atoms with Crippen molar-refractivity contribution in [2.75, 3.05) is 0 Å². The van der Waals surface area contributed by atoms with Crippen LogP contribution in [0.5, 0.6) is 0 Å². The van der Waals surface area contributed by atoms with Crippen LogP contribution >= 0.6 is 0 Å². The van der Waals surface area contributed by atoms with Gasteiger partial charge in [-0.2, -0.15) is 0 Å². The maximum Gasteiger partial charge on any atom is 1.00 e. The second kappa shape index (κ2) is 3.89. The number of carbonyl (C=O) groups excluding carboxylic acids is 2. The van der Waals surface area contributed by atoms with E-state index >= 15 is 0 Å². The first-order valence-electron chi connectivity index (χ1n) is 3.40. The molecule has 0 unspecified atom stereocenters. The molecular formula is C8H5KN2O2. The summed E-state index contributed by atoms with van der Waals surface area (Å²) in [5, 5.41) is 2.15. The summed E-state index contributed by atoms with van der Waals surface area (Å²) in [7, 11) is 0. The van der Waals surface area contributed by atoms with Gasteiger partial charge in [0.2, 0.25) is 0 Å². The summed E-state index contributed by atoms with van der Waals surface area (Å²) < 4.78 is 0. The van der Waals surface area contributed by atoms with Crippen molar-refractivity contribution in [3.05, 3.63) is 35.1 Å². The fourth-order valence-electron chi connectivity index (χ4n) is 1.17. The van der Waals surface area contributed by atoms with Crippen molar-refractivity contribution in [1.82, 2.24) is 5.32 Å². The summed E-state index contributed by atoms with van der Waals surface area (Å²) in [6.07, 6.45) is 0. The molecular weight excluding hydrogens is 195 g/mol. The minimum atomic E-state index is -0.413. The van der Waals surface area contributed by atoms with Crippen molar-refractivity contribution < 1.29 is 61.0 Å². The van der Waals surface area contributed by atoms with Gasteiger partial charge in [-0.05, 0) is 6.07 Å². The molecule has 4 nitrogen and oxygen atoms in total. The molecule has 2 rings (SSSR count). The number of hydrogen-bond acceptors (Lipinski definition) is 2. The van der Waals surface area contributed by atoms with E-state index in [1.165, 1.54) is 18.2 Å². The third-order valence-corrected chi connectivity index (χ3v) is 1.74. The minimum Gasteiger partial charge on any atom is -0.699 e. The third-order valence-electron chi connectivity index (χ3n) is 1.74. The van der Waals surface area contributed by atoms with Gasteiger partial charge in [0, 0.05) is 0 Å². The third kappa shape index (κ3) is 1.84. The molecule has 0 aromatic heterocycles. The number of imide groups is 1. The van der Waals surface area contributed by atoms with Crippen molar-refractivity contribution in [1.29, 1.82) is 0 Å². The molecule has 0 atom stereocenters. The van der Waals surface area contributed by atoms with Gasteiger partial charge in [-0.3, -0.25) is 14.9 Å². The second-order valence-electron chi connectivity index (χ2n) is 2.54. The molecule has 1 aromatic rings. The molecule has 13 heavy (non-hydrogen) atoms. The van der Waals surface area contributed by atoms with E-state index in [-0.39, 0.29) is 63.0 Å². The molecule has 0 spiro atoms. The normalized spacial score (nSPS) is 13.2. The van der Waals surface area contributed by atoms with Gasteiger partial charge >= 0.3 is 51.4 Å². The first-order valence-corrected chi connectivity index (χ1v) is 3.40. The van der Waals surface area contributed by atoms with Crippen molar-refractivity contribution in [2.45, 2.75) is 0 Å². The molecule has 0 saturated heterocycles. The van der Waals surface area contributed by atoms with Gasteiger partial charge in [-0.15, -0.1) is 5.69 Å². The summed E-state index contributed by atoms with van der Waals surface area (Å²) in [6, 6.07) is 4.35. The van der Waals surface area contributed by atoms with Crippen molar-refractivity contribution in [3.8, 4) is 0 Å². The standard InChI is InChI=1S/C8H6N2O2.K/c9-4-1-2-5-6(3-4)8(12)10-7(5)11;/h1-3H,(H3,9,10,11,12);/q;+1/p-1. The molecule has 0 aliphatic carbocycles. The zero-order valence-corrected chi connectivity index (χ0v) is 10.2. The molecule has 1 aliphatic rings. The number of fused-ring (bicyclic) bond motifs is 1. The van der Waals surface area contributed by atoms with E-state index in [4.69, 9.17) is 5.73 Å². The Labute approximate surface area is 117 Å². The Kier molecular flexibility index (Phi) is 3.26. The number of amides is 2. The SMILES string of the molecule is [K+].[NH-]c1ccc2c(c1)C(=O)NC2=O. The number of benzene rings is 1. The first kappa shape index (κ1) is 10.9. The predicted octanol–water partition coefficient (Wildman–Crippen LogP) is -1.74. The summed E-state index contributed by atoms with van der Waals surface area (Å²) in [6.45, 7) is 0. The topological polar surface area (TPSA) is 70.0 Å². The van der Waals surface area contributed by atoms with Gasteiger partial charge in [0.25, 0.3) is 11.8 Å². The Morgan fingerprint density at radius 2 is 1.69 bits per heavy atom. The number of carbonyl (C=O) groups is 2. The van der Waals surface area contributed by atoms with Crippen LogP contribution in [0.1, 0.15) is 20.7 Å². The number of hydrogen-bond donors (Lipinski definition) is 1. The zero-order valence-electron chi connectivity index (χ0n) is 7.05. The maximum atomic E-state index is 11.0. The molecule has 0 saturated carbocycles. The van der Waals surface area contributed by atoms with Gasteiger partial charge in [-0.25, -0.2) is 0 Å². The molecule has 2 N–H and O–H groups in total. The van der Waals surface area contributed by atoms with Gasteiger partial charge in [0.05, 0.1) is 11.1 Å².